The second-order valence-corrected chi connectivity index (χ2v) is 6.39. The molecule has 21 heavy (non-hydrogen) atoms. The van der Waals surface area contributed by atoms with Crippen molar-refractivity contribution in [1.29, 1.82) is 0 Å². The largest absolute Gasteiger partial charge is 0.477 e. The lowest BCUT2D eigenvalue weighted by Crippen LogP contribution is -2.49. The van der Waals surface area contributed by atoms with Gasteiger partial charge in [0.15, 0.2) is 6.10 Å². The summed E-state index contributed by atoms with van der Waals surface area (Å²) in [5.41, 5.74) is 0.972. The van der Waals surface area contributed by atoms with Crippen molar-refractivity contribution in [2.45, 2.75) is 32.8 Å². The summed E-state index contributed by atoms with van der Waals surface area (Å²) >= 11 is 0. The smallest absolute Gasteiger partial charge is 0.265 e. The number of nitrogens with zero attached hydrogens (tertiary/aromatic N) is 1. The Morgan fingerprint density at radius 1 is 1.29 bits per heavy atom. The van der Waals surface area contributed by atoms with Gasteiger partial charge in [-0.1, -0.05) is 26.0 Å². The Morgan fingerprint density at radius 2 is 2.00 bits per heavy atom. The third-order valence-electron chi connectivity index (χ3n) is 4.70. The predicted molar refractivity (Wildman–Crippen MR) is 83.5 cm³/mol. The minimum Gasteiger partial charge on any atom is -0.477 e. The summed E-state index contributed by atoms with van der Waals surface area (Å²) in [7, 11) is 0. The molecule has 114 valence electrons. The van der Waals surface area contributed by atoms with E-state index in [2.05, 4.69) is 19.2 Å². The first-order chi connectivity index (χ1) is 10.1. The van der Waals surface area contributed by atoms with Gasteiger partial charge in [-0.3, -0.25) is 4.79 Å². The Bertz CT molecular complexity index is 507. The Morgan fingerprint density at radius 3 is 2.71 bits per heavy atom. The Balaban J connectivity index is 1.60. The minimum absolute atomic E-state index is 0.124. The molecule has 1 N–H and O–H groups in total. The molecule has 1 saturated heterocycles. The number of benzene rings is 1. The Hall–Kier alpha value is -1.71. The molecular formula is C17H24N2O2. The fraction of sp³-hybridized carbons (Fsp3) is 0.588. The van der Waals surface area contributed by atoms with Gasteiger partial charge in [-0.2, -0.15) is 0 Å². The number of carbonyl (C=O) groups is 1. The second kappa shape index (κ2) is 5.96. The van der Waals surface area contributed by atoms with Gasteiger partial charge < -0.3 is 15.0 Å². The normalized spacial score (nSPS) is 22.4. The molecule has 3 rings (SSSR count). The van der Waals surface area contributed by atoms with Crippen molar-refractivity contribution in [3.8, 4) is 5.75 Å². The standard InChI is InChI=1S/C17H24N2O2/c1-12(2)13-7-9-19(10-8-13)17(20)16-11-18-14-5-3-4-6-15(14)21-16/h3-6,12-13,16,18H,7-11H2,1-2H3. The van der Waals surface area contributed by atoms with Crippen molar-refractivity contribution < 1.29 is 9.53 Å². The number of hydrogen-bond donors (Lipinski definition) is 1. The van der Waals surface area contributed by atoms with E-state index in [0.717, 1.165) is 43.3 Å². The molecule has 0 aromatic heterocycles. The van der Waals surface area contributed by atoms with Gasteiger partial charge in [-0.15, -0.1) is 0 Å². The maximum absolute atomic E-state index is 12.6. The predicted octanol–water partition coefficient (Wildman–Crippen LogP) is 2.75. The van der Waals surface area contributed by atoms with E-state index in [1.807, 2.05) is 29.2 Å². The van der Waals surface area contributed by atoms with Crippen molar-refractivity contribution in [2.75, 3.05) is 25.0 Å². The first-order valence-electron chi connectivity index (χ1n) is 7.93. The molecule has 1 aromatic carbocycles. The number of rotatable bonds is 2. The molecule has 1 amide bonds. The zero-order valence-corrected chi connectivity index (χ0v) is 12.8. The number of fused-ring (bicyclic) bond motifs is 1. The second-order valence-electron chi connectivity index (χ2n) is 6.39. The zero-order valence-electron chi connectivity index (χ0n) is 12.8. The van der Waals surface area contributed by atoms with Crippen LogP contribution in [0.4, 0.5) is 5.69 Å². The van der Waals surface area contributed by atoms with Crippen LogP contribution in [0.15, 0.2) is 24.3 Å². The Labute approximate surface area is 126 Å². The van der Waals surface area contributed by atoms with Crippen LogP contribution in [0.5, 0.6) is 5.75 Å². The van der Waals surface area contributed by atoms with Gasteiger partial charge in [0.1, 0.15) is 5.75 Å². The fourth-order valence-corrected chi connectivity index (χ4v) is 3.24. The number of anilines is 1. The summed E-state index contributed by atoms with van der Waals surface area (Å²) in [6, 6.07) is 7.78. The van der Waals surface area contributed by atoms with Crippen molar-refractivity contribution >= 4 is 11.6 Å². The van der Waals surface area contributed by atoms with E-state index >= 15 is 0 Å². The highest BCUT2D eigenvalue weighted by atomic mass is 16.5. The molecule has 4 nitrogen and oxygen atoms in total. The summed E-state index contributed by atoms with van der Waals surface area (Å²) in [6.45, 7) is 6.83. The summed E-state index contributed by atoms with van der Waals surface area (Å²) in [6.07, 6.45) is 1.83. The number of likely N-dealkylation sites (tertiary alicyclic amines) is 1. The maximum atomic E-state index is 12.6. The summed E-state index contributed by atoms with van der Waals surface area (Å²) < 4.78 is 5.87. The van der Waals surface area contributed by atoms with Crippen LogP contribution in [0, 0.1) is 11.8 Å². The van der Waals surface area contributed by atoms with E-state index < -0.39 is 6.10 Å². The first kappa shape index (κ1) is 14.2. The molecule has 1 unspecified atom stereocenters. The van der Waals surface area contributed by atoms with Crippen LogP contribution in [0.3, 0.4) is 0 Å². The average Bonchev–Trinajstić information content (AvgIpc) is 2.54. The lowest BCUT2D eigenvalue weighted by molar-refractivity contribution is -0.140. The number of piperidine rings is 1. The quantitative estimate of drug-likeness (QED) is 0.910. The monoisotopic (exact) mass is 288 g/mol. The van der Waals surface area contributed by atoms with Crippen LogP contribution in [0.25, 0.3) is 0 Å². The van der Waals surface area contributed by atoms with Gasteiger partial charge in [-0.25, -0.2) is 0 Å². The number of para-hydroxylation sites is 2. The fourth-order valence-electron chi connectivity index (χ4n) is 3.24. The van der Waals surface area contributed by atoms with Gasteiger partial charge in [0, 0.05) is 13.1 Å². The molecule has 0 radical (unpaired) electrons. The lowest BCUT2D eigenvalue weighted by atomic mass is 9.86. The van der Waals surface area contributed by atoms with E-state index in [9.17, 15) is 4.79 Å². The third kappa shape index (κ3) is 2.99. The van der Waals surface area contributed by atoms with Gasteiger partial charge in [0.25, 0.3) is 5.91 Å². The van der Waals surface area contributed by atoms with Crippen LogP contribution in [-0.4, -0.2) is 36.5 Å². The van der Waals surface area contributed by atoms with Crippen LogP contribution in [0.1, 0.15) is 26.7 Å². The molecule has 2 heterocycles. The van der Waals surface area contributed by atoms with Crippen LogP contribution in [0.2, 0.25) is 0 Å². The third-order valence-corrected chi connectivity index (χ3v) is 4.70. The van der Waals surface area contributed by atoms with E-state index in [1.165, 1.54) is 0 Å². The molecule has 1 fully saturated rings. The van der Waals surface area contributed by atoms with E-state index in [-0.39, 0.29) is 5.91 Å². The van der Waals surface area contributed by atoms with Gasteiger partial charge in [0.05, 0.1) is 12.2 Å². The molecule has 2 aliphatic rings. The zero-order chi connectivity index (χ0) is 14.8. The molecule has 0 bridgehead atoms. The number of nitrogens with one attached hydrogen (secondary N) is 1. The van der Waals surface area contributed by atoms with Crippen molar-refractivity contribution in [2.24, 2.45) is 11.8 Å². The number of hydrogen-bond acceptors (Lipinski definition) is 3. The number of carbonyl (C=O) groups excluding carboxylic acids is 1. The molecule has 2 aliphatic heterocycles. The lowest BCUT2D eigenvalue weighted by Gasteiger charge is -2.36. The summed E-state index contributed by atoms with van der Waals surface area (Å²) in [5.74, 6) is 2.36. The molecular weight excluding hydrogens is 264 g/mol. The molecule has 1 aromatic rings. The topological polar surface area (TPSA) is 41.6 Å². The molecule has 4 heteroatoms. The van der Waals surface area contributed by atoms with Crippen molar-refractivity contribution in [1.82, 2.24) is 4.90 Å². The minimum atomic E-state index is -0.393. The molecule has 1 atom stereocenters. The number of amides is 1. The molecule has 0 spiro atoms. The highest BCUT2D eigenvalue weighted by Gasteiger charge is 2.32. The van der Waals surface area contributed by atoms with E-state index in [1.54, 1.807) is 0 Å². The van der Waals surface area contributed by atoms with Crippen LogP contribution >= 0.6 is 0 Å². The maximum Gasteiger partial charge on any atom is 0.265 e. The number of ether oxygens (including phenoxy) is 1. The first-order valence-corrected chi connectivity index (χ1v) is 7.93. The van der Waals surface area contributed by atoms with E-state index in [0.29, 0.717) is 12.5 Å². The molecule has 0 aliphatic carbocycles. The van der Waals surface area contributed by atoms with Crippen LogP contribution in [-0.2, 0) is 4.79 Å². The summed E-state index contributed by atoms with van der Waals surface area (Å²) in [5, 5.41) is 3.29. The average molecular weight is 288 g/mol. The summed E-state index contributed by atoms with van der Waals surface area (Å²) in [4.78, 5) is 14.6. The molecule has 0 saturated carbocycles. The van der Waals surface area contributed by atoms with Gasteiger partial charge >= 0.3 is 0 Å². The highest BCUT2D eigenvalue weighted by molar-refractivity contribution is 5.83. The van der Waals surface area contributed by atoms with Crippen LogP contribution < -0.4 is 10.1 Å². The van der Waals surface area contributed by atoms with Gasteiger partial charge in [-0.05, 0) is 36.8 Å². The van der Waals surface area contributed by atoms with E-state index in [4.69, 9.17) is 4.74 Å². The highest BCUT2D eigenvalue weighted by Crippen LogP contribution is 2.30. The Kier molecular flexibility index (Phi) is 4.04. The van der Waals surface area contributed by atoms with Crippen molar-refractivity contribution in [3.05, 3.63) is 24.3 Å². The SMILES string of the molecule is CC(C)C1CCN(C(=O)C2CNc3ccccc3O2)CC1. The van der Waals surface area contributed by atoms with Gasteiger partial charge in [0.2, 0.25) is 0 Å². The van der Waals surface area contributed by atoms with Crippen molar-refractivity contribution in [3.63, 3.8) is 0 Å².